The van der Waals surface area contributed by atoms with Crippen LogP contribution in [0, 0.1) is 29.4 Å². The molecule has 17 heavy (non-hydrogen) atoms. The molecular weight excluding hydrogens is 309 g/mol. The van der Waals surface area contributed by atoms with E-state index in [9.17, 15) is 8.78 Å². The SMILES string of the molecule is Fc1cc(C(Cl)C2C3CCCC32)c(F)cc1Br. The van der Waals surface area contributed by atoms with Gasteiger partial charge in [-0.2, -0.15) is 0 Å². The zero-order chi connectivity index (χ0) is 12.2. The Morgan fingerprint density at radius 3 is 2.47 bits per heavy atom. The van der Waals surface area contributed by atoms with Gasteiger partial charge in [0, 0.05) is 5.56 Å². The van der Waals surface area contributed by atoms with Crippen LogP contribution in [-0.4, -0.2) is 0 Å². The Morgan fingerprint density at radius 2 is 1.82 bits per heavy atom. The second-order valence-corrected chi connectivity index (χ2v) is 6.35. The molecule has 3 rings (SSSR count). The van der Waals surface area contributed by atoms with Crippen LogP contribution in [0.5, 0.6) is 0 Å². The van der Waals surface area contributed by atoms with Gasteiger partial charge in [0.25, 0.3) is 0 Å². The molecule has 0 saturated heterocycles. The van der Waals surface area contributed by atoms with E-state index in [1.807, 2.05) is 0 Å². The fourth-order valence-corrected chi connectivity index (χ4v) is 4.12. The van der Waals surface area contributed by atoms with Gasteiger partial charge in [-0.3, -0.25) is 0 Å². The van der Waals surface area contributed by atoms with Crippen molar-refractivity contribution in [3.05, 3.63) is 33.8 Å². The number of hydrogen-bond donors (Lipinski definition) is 0. The van der Waals surface area contributed by atoms with Gasteiger partial charge >= 0.3 is 0 Å². The Morgan fingerprint density at radius 1 is 1.18 bits per heavy atom. The summed E-state index contributed by atoms with van der Waals surface area (Å²) in [5, 5.41) is -0.382. The van der Waals surface area contributed by atoms with Gasteiger partial charge in [-0.05, 0) is 58.7 Å². The fourth-order valence-electron chi connectivity index (χ4n) is 3.27. The van der Waals surface area contributed by atoms with Crippen LogP contribution in [0.15, 0.2) is 16.6 Å². The van der Waals surface area contributed by atoms with E-state index in [0.29, 0.717) is 23.3 Å². The summed E-state index contributed by atoms with van der Waals surface area (Å²) in [6.07, 6.45) is 3.64. The van der Waals surface area contributed by atoms with Gasteiger partial charge in [0.2, 0.25) is 0 Å². The van der Waals surface area contributed by atoms with E-state index < -0.39 is 11.6 Å². The second kappa shape index (κ2) is 4.20. The molecule has 0 amide bonds. The van der Waals surface area contributed by atoms with Crippen molar-refractivity contribution in [2.45, 2.75) is 24.6 Å². The molecule has 2 aliphatic rings. The molecule has 0 aliphatic heterocycles. The van der Waals surface area contributed by atoms with Gasteiger partial charge in [-0.1, -0.05) is 6.42 Å². The predicted molar refractivity (Wildman–Crippen MR) is 67.0 cm³/mol. The van der Waals surface area contributed by atoms with Crippen LogP contribution in [-0.2, 0) is 0 Å². The third-order valence-corrected chi connectivity index (χ3v) is 5.28. The Labute approximate surface area is 112 Å². The van der Waals surface area contributed by atoms with Crippen LogP contribution >= 0.6 is 27.5 Å². The molecule has 0 spiro atoms. The zero-order valence-corrected chi connectivity index (χ0v) is 11.4. The highest BCUT2D eigenvalue weighted by Crippen LogP contribution is 2.64. The molecule has 0 N–H and O–H groups in total. The van der Waals surface area contributed by atoms with Crippen molar-refractivity contribution in [1.29, 1.82) is 0 Å². The van der Waals surface area contributed by atoms with Crippen LogP contribution in [0.4, 0.5) is 8.78 Å². The maximum absolute atomic E-state index is 13.8. The highest BCUT2D eigenvalue weighted by Gasteiger charge is 2.56. The standard InChI is InChI=1S/C13H12BrClF2/c14-9-5-10(16)8(4-11(9)17)13(15)12-6-2-1-3-7(6)12/h4-7,12-13H,1-3H2. The first kappa shape index (κ1) is 11.9. The third kappa shape index (κ3) is 1.91. The van der Waals surface area contributed by atoms with Gasteiger partial charge < -0.3 is 0 Å². The zero-order valence-electron chi connectivity index (χ0n) is 9.10. The summed E-state index contributed by atoms with van der Waals surface area (Å²) >= 11 is 9.29. The molecule has 0 nitrogen and oxygen atoms in total. The summed E-state index contributed by atoms with van der Waals surface area (Å²) < 4.78 is 27.3. The molecule has 2 fully saturated rings. The molecule has 1 aromatic carbocycles. The summed E-state index contributed by atoms with van der Waals surface area (Å²) in [6.45, 7) is 0. The lowest BCUT2D eigenvalue weighted by atomic mass is 10.0. The van der Waals surface area contributed by atoms with E-state index in [4.69, 9.17) is 11.6 Å². The van der Waals surface area contributed by atoms with E-state index in [2.05, 4.69) is 15.9 Å². The first-order valence-corrected chi connectivity index (χ1v) is 7.11. The smallest absolute Gasteiger partial charge is 0.137 e. The first-order chi connectivity index (χ1) is 8.09. The lowest BCUT2D eigenvalue weighted by Crippen LogP contribution is -2.02. The molecule has 0 heterocycles. The molecule has 0 radical (unpaired) electrons. The largest absolute Gasteiger partial charge is 0.207 e. The molecule has 3 unspecified atom stereocenters. The summed E-state index contributed by atoms with van der Waals surface area (Å²) in [5.74, 6) is 0.772. The number of alkyl halides is 1. The van der Waals surface area contributed by atoms with Gasteiger partial charge in [-0.15, -0.1) is 11.6 Å². The van der Waals surface area contributed by atoms with Crippen molar-refractivity contribution in [2.75, 3.05) is 0 Å². The topological polar surface area (TPSA) is 0 Å². The first-order valence-electron chi connectivity index (χ1n) is 5.88. The number of halogens is 4. The molecule has 2 saturated carbocycles. The minimum Gasteiger partial charge on any atom is -0.207 e. The highest BCUT2D eigenvalue weighted by molar-refractivity contribution is 9.10. The molecule has 4 heteroatoms. The number of hydrogen-bond acceptors (Lipinski definition) is 0. The molecule has 2 aliphatic carbocycles. The lowest BCUT2D eigenvalue weighted by Gasteiger charge is -2.13. The van der Waals surface area contributed by atoms with Gasteiger partial charge in [-0.25, -0.2) is 8.78 Å². The van der Waals surface area contributed by atoms with E-state index in [1.54, 1.807) is 0 Å². The number of rotatable bonds is 2. The molecule has 1 aromatic rings. The van der Waals surface area contributed by atoms with Crippen molar-refractivity contribution in [1.82, 2.24) is 0 Å². The van der Waals surface area contributed by atoms with E-state index in [0.717, 1.165) is 6.07 Å². The Kier molecular flexibility index (Phi) is 2.94. The Bertz CT molecular complexity index is 453. The van der Waals surface area contributed by atoms with E-state index in [1.165, 1.54) is 25.3 Å². The van der Waals surface area contributed by atoms with Crippen molar-refractivity contribution >= 4 is 27.5 Å². The molecular formula is C13H12BrClF2. The second-order valence-electron chi connectivity index (χ2n) is 5.03. The molecule has 3 atom stereocenters. The Hall–Kier alpha value is -0.150. The Balaban J connectivity index is 1.87. The average molecular weight is 322 g/mol. The monoisotopic (exact) mass is 320 g/mol. The summed E-state index contributed by atoms with van der Waals surface area (Å²) in [6, 6.07) is 2.39. The molecule has 0 aromatic heterocycles. The van der Waals surface area contributed by atoms with E-state index >= 15 is 0 Å². The predicted octanol–water partition coefficient (Wildman–Crippen LogP) is 5.05. The minimum absolute atomic E-state index is 0.151. The fraction of sp³-hybridized carbons (Fsp3) is 0.538. The van der Waals surface area contributed by atoms with Crippen LogP contribution in [0.2, 0.25) is 0 Å². The molecule has 0 bridgehead atoms. The van der Waals surface area contributed by atoms with Crippen molar-refractivity contribution in [3.8, 4) is 0 Å². The summed E-state index contributed by atoms with van der Waals surface area (Å²) in [4.78, 5) is 0. The van der Waals surface area contributed by atoms with Crippen LogP contribution in [0.3, 0.4) is 0 Å². The highest BCUT2D eigenvalue weighted by atomic mass is 79.9. The molecule has 92 valence electrons. The van der Waals surface area contributed by atoms with Crippen LogP contribution < -0.4 is 0 Å². The third-order valence-electron chi connectivity index (χ3n) is 4.15. The van der Waals surface area contributed by atoms with Gasteiger partial charge in [0.05, 0.1) is 9.85 Å². The minimum atomic E-state index is -0.446. The van der Waals surface area contributed by atoms with Crippen molar-refractivity contribution < 1.29 is 8.78 Å². The maximum Gasteiger partial charge on any atom is 0.137 e. The van der Waals surface area contributed by atoms with Gasteiger partial charge in [0.1, 0.15) is 11.6 Å². The van der Waals surface area contributed by atoms with Crippen LogP contribution in [0.25, 0.3) is 0 Å². The maximum atomic E-state index is 13.8. The van der Waals surface area contributed by atoms with Crippen molar-refractivity contribution in [3.63, 3.8) is 0 Å². The summed E-state index contributed by atoms with van der Waals surface area (Å²) in [7, 11) is 0. The average Bonchev–Trinajstić information content (AvgIpc) is 2.76. The van der Waals surface area contributed by atoms with Crippen LogP contribution in [0.1, 0.15) is 30.2 Å². The normalized spacial score (nSPS) is 32.4. The van der Waals surface area contributed by atoms with Crippen molar-refractivity contribution in [2.24, 2.45) is 17.8 Å². The summed E-state index contributed by atoms with van der Waals surface area (Å²) in [5.41, 5.74) is 0.312. The quantitative estimate of drug-likeness (QED) is 0.528. The number of fused-ring (bicyclic) bond motifs is 1. The lowest BCUT2D eigenvalue weighted by molar-refractivity contribution is 0.534. The van der Waals surface area contributed by atoms with E-state index in [-0.39, 0.29) is 9.85 Å². The van der Waals surface area contributed by atoms with Gasteiger partial charge in [0.15, 0.2) is 0 Å². The number of benzene rings is 1.